The van der Waals surface area contributed by atoms with Crippen LogP contribution in [0.3, 0.4) is 0 Å². The smallest absolute Gasteiger partial charge is 0.333 e. The Morgan fingerprint density at radius 2 is 1.97 bits per heavy atom. The predicted molar refractivity (Wildman–Crippen MR) is 117 cm³/mol. The lowest BCUT2D eigenvalue weighted by Gasteiger charge is -2.60. The van der Waals surface area contributed by atoms with Gasteiger partial charge in [0.05, 0.1) is 12.7 Å². The number of esters is 1. The molecule has 2 rings (SSSR count). The van der Waals surface area contributed by atoms with Crippen molar-refractivity contribution in [2.75, 3.05) is 6.61 Å². The molecular weight excluding hydrogens is 364 g/mol. The van der Waals surface area contributed by atoms with Gasteiger partial charge in [-0.1, -0.05) is 50.1 Å². The molecule has 0 heterocycles. The Balaban J connectivity index is 2.32. The van der Waals surface area contributed by atoms with E-state index in [1.807, 2.05) is 13.0 Å². The van der Waals surface area contributed by atoms with E-state index in [2.05, 4.69) is 40.7 Å². The van der Waals surface area contributed by atoms with Gasteiger partial charge in [0.2, 0.25) is 0 Å². The molecule has 4 heteroatoms. The zero-order valence-corrected chi connectivity index (χ0v) is 19.3. The van der Waals surface area contributed by atoms with Crippen LogP contribution in [-0.4, -0.2) is 35.0 Å². The van der Waals surface area contributed by atoms with Crippen LogP contribution >= 0.6 is 0 Å². The topological polar surface area (TPSA) is 66.8 Å². The van der Waals surface area contributed by atoms with Crippen LogP contribution in [0, 0.1) is 22.7 Å². The van der Waals surface area contributed by atoms with Crippen molar-refractivity contribution < 1.29 is 19.7 Å². The summed E-state index contributed by atoms with van der Waals surface area (Å²) in [6.07, 6.45) is 8.30. The standard InChI is InChI=1S/C25H40O4/c1-8-17(3)23(28)29-22-20(27)15-25(7)19(11-9-16(2)13-14-26)18(4)10-12-21(25)24(22,5)6/h8,10,13,19-22,26-27H,9,11-12,14-15H2,1-7H3/b16-13+,17-8-/t19-,20+,21-,22-,25-/m1/s1. The summed E-state index contributed by atoms with van der Waals surface area (Å²) in [4.78, 5) is 12.4. The van der Waals surface area contributed by atoms with E-state index in [1.165, 1.54) is 11.1 Å². The summed E-state index contributed by atoms with van der Waals surface area (Å²) in [6, 6.07) is 0. The monoisotopic (exact) mass is 404 g/mol. The highest BCUT2D eigenvalue weighted by molar-refractivity contribution is 5.87. The quantitative estimate of drug-likeness (QED) is 0.373. The van der Waals surface area contributed by atoms with E-state index >= 15 is 0 Å². The number of carbonyl (C=O) groups excluding carboxylic acids is 1. The van der Waals surface area contributed by atoms with Crippen LogP contribution in [0.1, 0.15) is 74.1 Å². The zero-order valence-electron chi connectivity index (χ0n) is 19.3. The second kappa shape index (κ2) is 9.18. The molecule has 0 spiro atoms. The van der Waals surface area contributed by atoms with Crippen LogP contribution in [0.2, 0.25) is 0 Å². The molecule has 2 aliphatic rings. The van der Waals surface area contributed by atoms with Crippen molar-refractivity contribution in [3.05, 3.63) is 34.9 Å². The molecule has 0 aliphatic heterocycles. The van der Waals surface area contributed by atoms with Gasteiger partial charge in [0.15, 0.2) is 0 Å². The number of ether oxygens (including phenoxy) is 1. The lowest BCUT2D eigenvalue weighted by molar-refractivity contribution is -0.199. The second-order valence-corrected chi connectivity index (χ2v) is 9.96. The number of rotatable bonds is 6. The fourth-order valence-electron chi connectivity index (χ4n) is 5.91. The molecule has 164 valence electrons. The minimum Gasteiger partial charge on any atom is -0.456 e. The van der Waals surface area contributed by atoms with Crippen LogP contribution in [0.15, 0.2) is 34.9 Å². The minimum absolute atomic E-state index is 0.0558. The summed E-state index contributed by atoms with van der Waals surface area (Å²) in [5.41, 5.74) is 2.78. The Hall–Kier alpha value is -1.39. The molecule has 5 atom stereocenters. The van der Waals surface area contributed by atoms with E-state index in [0.29, 0.717) is 23.8 Å². The van der Waals surface area contributed by atoms with Crippen LogP contribution < -0.4 is 0 Å². The Bertz CT molecular complexity index is 700. The molecule has 0 bridgehead atoms. The molecule has 1 fully saturated rings. The van der Waals surface area contributed by atoms with Crippen LogP contribution in [0.5, 0.6) is 0 Å². The average molecular weight is 405 g/mol. The molecule has 0 aromatic heterocycles. The lowest BCUT2D eigenvalue weighted by Crippen LogP contribution is -2.60. The molecule has 2 aliphatic carbocycles. The first-order chi connectivity index (χ1) is 13.5. The summed E-state index contributed by atoms with van der Waals surface area (Å²) in [5, 5.41) is 20.3. The van der Waals surface area contributed by atoms with Crippen molar-refractivity contribution in [2.24, 2.45) is 22.7 Å². The molecular formula is C25H40O4. The highest BCUT2D eigenvalue weighted by atomic mass is 16.6. The van der Waals surface area contributed by atoms with Gasteiger partial charge < -0.3 is 14.9 Å². The van der Waals surface area contributed by atoms with E-state index in [-0.39, 0.29) is 23.4 Å². The molecule has 0 aromatic carbocycles. The molecule has 2 N–H and O–H groups in total. The average Bonchev–Trinajstić information content (AvgIpc) is 2.63. The summed E-state index contributed by atoms with van der Waals surface area (Å²) in [5.74, 6) is 0.348. The highest BCUT2D eigenvalue weighted by Crippen LogP contribution is 2.61. The van der Waals surface area contributed by atoms with Crippen LogP contribution in [0.25, 0.3) is 0 Å². The van der Waals surface area contributed by atoms with E-state index < -0.39 is 12.2 Å². The number of fused-ring (bicyclic) bond motifs is 1. The Morgan fingerprint density at radius 1 is 1.31 bits per heavy atom. The third-order valence-corrected chi connectivity index (χ3v) is 7.70. The van der Waals surface area contributed by atoms with Crippen molar-refractivity contribution in [1.82, 2.24) is 0 Å². The van der Waals surface area contributed by atoms with Gasteiger partial charge >= 0.3 is 5.97 Å². The van der Waals surface area contributed by atoms with Crippen molar-refractivity contribution in [2.45, 2.75) is 86.4 Å². The molecule has 29 heavy (non-hydrogen) atoms. The van der Waals surface area contributed by atoms with Crippen molar-refractivity contribution in [3.8, 4) is 0 Å². The van der Waals surface area contributed by atoms with Gasteiger partial charge in [-0.05, 0) is 70.6 Å². The number of hydrogen-bond acceptors (Lipinski definition) is 4. The first kappa shape index (κ1) is 23.9. The van der Waals surface area contributed by atoms with Crippen molar-refractivity contribution in [3.63, 3.8) is 0 Å². The van der Waals surface area contributed by atoms with E-state index in [4.69, 9.17) is 9.84 Å². The van der Waals surface area contributed by atoms with Gasteiger partial charge in [-0.15, -0.1) is 0 Å². The number of carbonyl (C=O) groups is 1. The van der Waals surface area contributed by atoms with Gasteiger partial charge in [0.1, 0.15) is 6.10 Å². The molecule has 0 aromatic rings. The SMILES string of the molecule is C/C=C(/C)C(=O)O[C@@H]1[C@@H](O)C[C@]2(C)[C@H](CC/C(C)=C/CO)C(C)=CC[C@@H]2C1(C)C. The summed E-state index contributed by atoms with van der Waals surface area (Å²) >= 11 is 0. The largest absolute Gasteiger partial charge is 0.456 e. The first-order valence-electron chi connectivity index (χ1n) is 10.9. The van der Waals surface area contributed by atoms with Crippen molar-refractivity contribution in [1.29, 1.82) is 0 Å². The molecule has 4 nitrogen and oxygen atoms in total. The predicted octanol–water partition coefficient (Wildman–Crippen LogP) is 4.96. The maximum atomic E-state index is 12.4. The maximum absolute atomic E-state index is 12.4. The third kappa shape index (κ3) is 4.69. The zero-order chi connectivity index (χ0) is 22.0. The number of aliphatic hydroxyl groups excluding tert-OH is 2. The van der Waals surface area contributed by atoms with E-state index in [0.717, 1.165) is 19.3 Å². The number of hydrogen-bond donors (Lipinski definition) is 2. The number of aliphatic hydroxyl groups is 2. The summed E-state index contributed by atoms with van der Waals surface area (Å²) < 4.78 is 5.84. The van der Waals surface area contributed by atoms with Gasteiger partial charge in [-0.25, -0.2) is 4.79 Å². The summed E-state index contributed by atoms with van der Waals surface area (Å²) in [7, 11) is 0. The molecule has 0 amide bonds. The first-order valence-corrected chi connectivity index (χ1v) is 10.9. The summed E-state index contributed by atoms with van der Waals surface area (Å²) in [6.45, 7) is 14.5. The number of allylic oxidation sites excluding steroid dienone is 4. The van der Waals surface area contributed by atoms with Gasteiger partial charge in [-0.3, -0.25) is 0 Å². The Kier molecular flexibility index (Phi) is 7.56. The van der Waals surface area contributed by atoms with Gasteiger partial charge in [-0.2, -0.15) is 0 Å². The fourth-order valence-corrected chi connectivity index (χ4v) is 5.91. The van der Waals surface area contributed by atoms with Gasteiger partial charge in [0.25, 0.3) is 0 Å². The maximum Gasteiger partial charge on any atom is 0.333 e. The Labute approximate surface area is 176 Å². The molecule has 0 unspecified atom stereocenters. The van der Waals surface area contributed by atoms with E-state index in [9.17, 15) is 9.90 Å². The second-order valence-electron chi connectivity index (χ2n) is 9.96. The van der Waals surface area contributed by atoms with E-state index in [1.54, 1.807) is 13.0 Å². The molecule has 1 saturated carbocycles. The minimum atomic E-state index is -0.678. The highest BCUT2D eigenvalue weighted by Gasteiger charge is 2.59. The van der Waals surface area contributed by atoms with Crippen LogP contribution in [0.4, 0.5) is 0 Å². The normalized spacial score (nSPS) is 35.0. The lowest BCUT2D eigenvalue weighted by atomic mass is 9.46. The van der Waals surface area contributed by atoms with Crippen molar-refractivity contribution >= 4 is 5.97 Å². The fraction of sp³-hybridized carbons (Fsp3) is 0.720. The third-order valence-electron chi connectivity index (χ3n) is 7.70. The van der Waals surface area contributed by atoms with Crippen LogP contribution in [-0.2, 0) is 9.53 Å². The Morgan fingerprint density at radius 3 is 2.55 bits per heavy atom. The molecule has 0 saturated heterocycles. The molecule has 0 radical (unpaired) electrons. The van der Waals surface area contributed by atoms with Gasteiger partial charge in [0, 0.05) is 11.0 Å².